The van der Waals surface area contributed by atoms with Crippen LogP contribution in [0.1, 0.15) is 25.7 Å². The molecule has 2 rings (SSSR count). The third kappa shape index (κ3) is 4.18. The number of nitrogens with one attached hydrogen (secondary N) is 2. The van der Waals surface area contributed by atoms with E-state index in [4.69, 9.17) is 0 Å². The quantitative estimate of drug-likeness (QED) is 0.606. The zero-order valence-electron chi connectivity index (χ0n) is 9.30. The molecule has 1 saturated carbocycles. The Morgan fingerprint density at radius 3 is 2.67 bits per heavy atom. The molecule has 1 amide bonds. The lowest BCUT2D eigenvalue weighted by Gasteiger charge is -2.14. The molecule has 0 aromatic heterocycles. The van der Waals surface area contributed by atoms with Gasteiger partial charge in [-0.05, 0) is 38.8 Å². The van der Waals surface area contributed by atoms with Crippen LogP contribution in [0.4, 0.5) is 0 Å². The van der Waals surface area contributed by atoms with Crippen molar-refractivity contribution in [1.82, 2.24) is 15.5 Å². The maximum atomic E-state index is 11.3. The first kappa shape index (κ1) is 10.9. The molecule has 1 saturated heterocycles. The van der Waals surface area contributed by atoms with Crippen molar-refractivity contribution in [1.29, 1.82) is 0 Å². The van der Waals surface area contributed by atoms with Crippen LogP contribution in [0.2, 0.25) is 0 Å². The Labute approximate surface area is 91.4 Å². The first-order valence-electron chi connectivity index (χ1n) is 6.07. The van der Waals surface area contributed by atoms with Gasteiger partial charge in [0.2, 0.25) is 5.91 Å². The van der Waals surface area contributed by atoms with Crippen LogP contribution < -0.4 is 10.6 Å². The largest absolute Gasteiger partial charge is 0.352 e. The van der Waals surface area contributed by atoms with Crippen LogP contribution in [0.25, 0.3) is 0 Å². The highest BCUT2D eigenvalue weighted by atomic mass is 16.2. The maximum absolute atomic E-state index is 11.3. The summed E-state index contributed by atoms with van der Waals surface area (Å²) in [6.07, 6.45) is 5.00. The second-order valence-electron chi connectivity index (χ2n) is 4.57. The lowest BCUT2D eigenvalue weighted by Crippen LogP contribution is -2.38. The van der Waals surface area contributed by atoms with Crippen molar-refractivity contribution in [3.63, 3.8) is 0 Å². The second kappa shape index (κ2) is 5.47. The van der Waals surface area contributed by atoms with Gasteiger partial charge in [0.25, 0.3) is 0 Å². The Morgan fingerprint density at radius 2 is 2.00 bits per heavy atom. The van der Waals surface area contributed by atoms with Crippen LogP contribution in [0, 0.1) is 0 Å². The van der Waals surface area contributed by atoms with E-state index in [9.17, 15) is 4.79 Å². The molecule has 1 heterocycles. The molecule has 15 heavy (non-hydrogen) atoms. The van der Waals surface area contributed by atoms with Crippen LogP contribution in [0.3, 0.4) is 0 Å². The number of carbonyl (C=O) groups is 1. The summed E-state index contributed by atoms with van der Waals surface area (Å²) < 4.78 is 0. The topological polar surface area (TPSA) is 44.4 Å². The first-order valence-corrected chi connectivity index (χ1v) is 6.07. The lowest BCUT2D eigenvalue weighted by molar-refractivity contribution is -0.120. The van der Waals surface area contributed by atoms with Crippen molar-refractivity contribution in [3.05, 3.63) is 0 Å². The van der Waals surface area contributed by atoms with E-state index in [2.05, 4.69) is 15.5 Å². The van der Waals surface area contributed by atoms with Gasteiger partial charge in [-0.3, -0.25) is 4.79 Å². The van der Waals surface area contributed by atoms with E-state index in [-0.39, 0.29) is 5.91 Å². The molecule has 0 radical (unpaired) electrons. The third-order valence-electron chi connectivity index (χ3n) is 3.03. The van der Waals surface area contributed by atoms with E-state index in [0.29, 0.717) is 12.6 Å². The molecule has 0 aromatic rings. The Kier molecular flexibility index (Phi) is 3.97. The molecule has 4 nitrogen and oxygen atoms in total. The highest BCUT2D eigenvalue weighted by Gasteiger charge is 2.22. The Hall–Kier alpha value is -0.610. The van der Waals surface area contributed by atoms with E-state index >= 15 is 0 Å². The number of carbonyl (C=O) groups excluding carboxylic acids is 1. The second-order valence-corrected chi connectivity index (χ2v) is 4.57. The molecule has 1 aliphatic heterocycles. The van der Waals surface area contributed by atoms with Crippen molar-refractivity contribution < 1.29 is 4.79 Å². The third-order valence-corrected chi connectivity index (χ3v) is 3.03. The summed E-state index contributed by atoms with van der Waals surface area (Å²) in [5, 5.41) is 6.16. The van der Waals surface area contributed by atoms with Crippen molar-refractivity contribution in [2.75, 3.05) is 32.7 Å². The predicted octanol–water partition coefficient (Wildman–Crippen LogP) is -0.0496. The molecule has 0 bridgehead atoms. The normalized spacial score (nSPS) is 21.9. The minimum atomic E-state index is 0.152. The fraction of sp³-hybridized carbons (Fsp3) is 0.909. The molecule has 0 spiro atoms. The van der Waals surface area contributed by atoms with E-state index in [0.717, 1.165) is 13.1 Å². The van der Waals surface area contributed by atoms with Crippen LogP contribution >= 0.6 is 0 Å². The van der Waals surface area contributed by atoms with Crippen LogP contribution in [-0.4, -0.2) is 49.6 Å². The van der Waals surface area contributed by atoms with E-state index in [1.807, 2.05) is 0 Å². The maximum Gasteiger partial charge on any atom is 0.234 e. The molecule has 2 N–H and O–H groups in total. The van der Waals surface area contributed by atoms with Crippen molar-refractivity contribution in [2.45, 2.75) is 31.7 Å². The fourth-order valence-corrected chi connectivity index (χ4v) is 1.95. The minimum absolute atomic E-state index is 0.152. The molecule has 86 valence electrons. The van der Waals surface area contributed by atoms with Crippen LogP contribution in [0.5, 0.6) is 0 Å². The zero-order valence-corrected chi connectivity index (χ0v) is 9.30. The highest BCUT2D eigenvalue weighted by Crippen LogP contribution is 2.18. The molecule has 0 aromatic carbocycles. The van der Waals surface area contributed by atoms with Crippen LogP contribution in [0.15, 0.2) is 0 Å². The zero-order chi connectivity index (χ0) is 10.5. The summed E-state index contributed by atoms with van der Waals surface area (Å²) in [5.41, 5.74) is 0. The highest BCUT2D eigenvalue weighted by molar-refractivity contribution is 5.78. The molecular formula is C11H21N3O. The summed E-state index contributed by atoms with van der Waals surface area (Å²) in [7, 11) is 0. The number of hydrogen-bond donors (Lipinski definition) is 2. The van der Waals surface area contributed by atoms with Gasteiger partial charge in [0.15, 0.2) is 0 Å². The molecule has 4 heteroatoms. The van der Waals surface area contributed by atoms with Gasteiger partial charge in [-0.1, -0.05) is 0 Å². The summed E-state index contributed by atoms with van der Waals surface area (Å²) in [4.78, 5) is 13.8. The van der Waals surface area contributed by atoms with E-state index in [1.54, 1.807) is 0 Å². The number of likely N-dealkylation sites (tertiary alicyclic amines) is 1. The van der Waals surface area contributed by atoms with E-state index in [1.165, 1.54) is 38.8 Å². The Bertz CT molecular complexity index is 210. The molecule has 1 aliphatic carbocycles. The van der Waals surface area contributed by atoms with Gasteiger partial charge in [-0.2, -0.15) is 0 Å². The van der Waals surface area contributed by atoms with Gasteiger partial charge >= 0.3 is 0 Å². The van der Waals surface area contributed by atoms with Crippen molar-refractivity contribution >= 4 is 5.91 Å². The summed E-state index contributed by atoms with van der Waals surface area (Å²) in [5.74, 6) is 0.152. The first-order chi connectivity index (χ1) is 7.34. The Balaban J connectivity index is 1.44. The monoisotopic (exact) mass is 211 g/mol. The van der Waals surface area contributed by atoms with Gasteiger partial charge < -0.3 is 15.5 Å². The summed E-state index contributed by atoms with van der Waals surface area (Å²) >= 11 is 0. The number of nitrogens with zero attached hydrogens (tertiary/aromatic N) is 1. The SMILES string of the molecule is O=C(CNCCN1CCCC1)NC1CC1. The van der Waals surface area contributed by atoms with Gasteiger partial charge in [-0.15, -0.1) is 0 Å². The van der Waals surface area contributed by atoms with Gasteiger partial charge in [0.05, 0.1) is 6.54 Å². The smallest absolute Gasteiger partial charge is 0.234 e. The van der Waals surface area contributed by atoms with Gasteiger partial charge in [0, 0.05) is 19.1 Å². The molecule has 2 fully saturated rings. The van der Waals surface area contributed by atoms with Gasteiger partial charge in [0.1, 0.15) is 0 Å². The summed E-state index contributed by atoms with van der Waals surface area (Å²) in [6, 6.07) is 0.484. The average molecular weight is 211 g/mol. The molecule has 2 aliphatic rings. The van der Waals surface area contributed by atoms with Crippen LogP contribution in [-0.2, 0) is 4.79 Å². The summed E-state index contributed by atoms with van der Waals surface area (Å²) in [6.45, 7) is 4.95. The van der Waals surface area contributed by atoms with Gasteiger partial charge in [-0.25, -0.2) is 0 Å². The molecular weight excluding hydrogens is 190 g/mol. The Morgan fingerprint density at radius 1 is 1.27 bits per heavy atom. The number of hydrogen-bond acceptors (Lipinski definition) is 3. The van der Waals surface area contributed by atoms with E-state index < -0.39 is 0 Å². The standard InChI is InChI=1S/C11H21N3O/c15-11(13-10-3-4-10)9-12-5-8-14-6-1-2-7-14/h10,12H,1-9H2,(H,13,15). The molecule has 0 atom stereocenters. The number of rotatable bonds is 6. The van der Waals surface area contributed by atoms with Crippen molar-refractivity contribution in [2.24, 2.45) is 0 Å². The minimum Gasteiger partial charge on any atom is -0.352 e. The number of amides is 1. The van der Waals surface area contributed by atoms with Crippen molar-refractivity contribution in [3.8, 4) is 0 Å². The fourth-order valence-electron chi connectivity index (χ4n) is 1.95. The average Bonchev–Trinajstić information content (AvgIpc) is 2.87. The predicted molar refractivity (Wildman–Crippen MR) is 59.7 cm³/mol. The molecule has 0 unspecified atom stereocenters. The lowest BCUT2D eigenvalue weighted by atomic mass is 10.4.